The molecule has 0 radical (unpaired) electrons. The van der Waals surface area contributed by atoms with Gasteiger partial charge in [-0.15, -0.1) is 6.58 Å². The number of hydrogen-bond acceptors (Lipinski definition) is 4. The van der Waals surface area contributed by atoms with E-state index in [1.54, 1.807) is 44.4 Å². The van der Waals surface area contributed by atoms with Crippen LogP contribution in [0.5, 0.6) is 11.5 Å². The minimum Gasteiger partial charge on any atom is -0.495 e. The van der Waals surface area contributed by atoms with E-state index in [0.29, 0.717) is 29.3 Å². The Morgan fingerprint density at radius 1 is 1.03 bits per heavy atom. The molecule has 30 heavy (non-hydrogen) atoms. The van der Waals surface area contributed by atoms with Gasteiger partial charge in [-0.1, -0.05) is 42.5 Å². The largest absolute Gasteiger partial charge is 0.495 e. The van der Waals surface area contributed by atoms with Crippen LogP contribution in [0.15, 0.2) is 73.3 Å². The summed E-state index contributed by atoms with van der Waals surface area (Å²) in [5.74, 6) is 0.215. The molecule has 2 N–H and O–H groups in total. The van der Waals surface area contributed by atoms with Crippen molar-refractivity contribution in [1.82, 2.24) is 5.32 Å². The third kappa shape index (κ3) is 4.78. The van der Waals surface area contributed by atoms with Crippen molar-refractivity contribution in [3.8, 4) is 11.5 Å². The number of carbonyl (C=O) groups is 2. The predicted octanol–water partition coefficient (Wildman–Crippen LogP) is 4.17. The second kappa shape index (κ2) is 9.60. The molecule has 154 valence electrons. The Morgan fingerprint density at radius 2 is 1.70 bits per heavy atom. The van der Waals surface area contributed by atoms with Crippen molar-refractivity contribution in [3.63, 3.8) is 0 Å². The molecule has 0 aliphatic carbocycles. The molecule has 0 saturated heterocycles. The van der Waals surface area contributed by atoms with Gasteiger partial charge in [-0.25, -0.2) is 0 Å². The molecule has 3 rings (SSSR count). The SMILES string of the molecule is C=CCNC(=O)[C@H](C)Oc1cc2ccccc2cc1C(=O)Nc1ccccc1OC. The van der Waals surface area contributed by atoms with E-state index in [0.717, 1.165) is 10.8 Å². The minimum atomic E-state index is -0.788. The number of nitrogens with one attached hydrogen (secondary N) is 2. The van der Waals surface area contributed by atoms with E-state index in [2.05, 4.69) is 17.2 Å². The monoisotopic (exact) mass is 404 g/mol. The standard InChI is InChI=1S/C24H24N2O4/c1-4-13-25-23(27)16(2)30-22-15-18-10-6-5-9-17(18)14-19(22)24(28)26-20-11-7-8-12-21(20)29-3/h4-12,14-16H,1,13H2,2-3H3,(H,25,27)(H,26,28)/t16-/m0/s1. The van der Waals surface area contributed by atoms with Crippen molar-refractivity contribution >= 4 is 28.3 Å². The van der Waals surface area contributed by atoms with Crippen LogP contribution in [0.25, 0.3) is 10.8 Å². The maximum absolute atomic E-state index is 13.1. The first-order valence-electron chi connectivity index (χ1n) is 9.56. The molecular weight excluding hydrogens is 380 g/mol. The van der Waals surface area contributed by atoms with Crippen LogP contribution in [-0.4, -0.2) is 31.6 Å². The molecule has 0 spiro atoms. The van der Waals surface area contributed by atoms with E-state index in [1.807, 2.05) is 36.4 Å². The fourth-order valence-corrected chi connectivity index (χ4v) is 2.99. The average molecular weight is 404 g/mol. The van der Waals surface area contributed by atoms with Crippen LogP contribution < -0.4 is 20.1 Å². The van der Waals surface area contributed by atoms with Gasteiger partial charge in [0.05, 0.1) is 18.4 Å². The number of fused-ring (bicyclic) bond motifs is 1. The summed E-state index contributed by atoms with van der Waals surface area (Å²) in [7, 11) is 1.54. The van der Waals surface area contributed by atoms with Crippen LogP contribution in [0.3, 0.4) is 0 Å². The Morgan fingerprint density at radius 3 is 2.40 bits per heavy atom. The number of benzene rings is 3. The molecule has 1 atom stereocenters. The van der Waals surface area contributed by atoms with Crippen LogP contribution in [-0.2, 0) is 4.79 Å². The van der Waals surface area contributed by atoms with Crippen LogP contribution in [0.2, 0.25) is 0 Å². The third-order valence-electron chi connectivity index (χ3n) is 4.54. The second-order valence-corrected chi connectivity index (χ2v) is 6.64. The molecule has 0 aromatic heterocycles. The minimum absolute atomic E-state index is 0.292. The van der Waals surface area contributed by atoms with E-state index in [4.69, 9.17) is 9.47 Å². The lowest BCUT2D eigenvalue weighted by molar-refractivity contribution is -0.127. The highest BCUT2D eigenvalue weighted by atomic mass is 16.5. The lowest BCUT2D eigenvalue weighted by atomic mass is 10.0. The van der Waals surface area contributed by atoms with Gasteiger partial charge in [-0.3, -0.25) is 9.59 Å². The zero-order chi connectivity index (χ0) is 21.5. The van der Waals surface area contributed by atoms with Gasteiger partial charge < -0.3 is 20.1 Å². The third-order valence-corrected chi connectivity index (χ3v) is 4.54. The van der Waals surface area contributed by atoms with Crippen molar-refractivity contribution in [1.29, 1.82) is 0 Å². The van der Waals surface area contributed by atoms with Gasteiger partial charge in [0.1, 0.15) is 11.5 Å². The lowest BCUT2D eigenvalue weighted by Crippen LogP contribution is -2.36. The molecule has 0 bridgehead atoms. The van der Waals surface area contributed by atoms with Crippen molar-refractivity contribution in [2.24, 2.45) is 0 Å². The van der Waals surface area contributed by atoms with Crippen molar-refractivity contribution < 1.29 is 19.1 Å². The van der Waals surface area contributed by atoms with E-state index < -0.39 is 6.10 Å². The molecule has 0 fully saturated rings. The number of anilines is 1. The summed E-state index contributed by atoms with van der Waals surface area (Å²) in [5.41, 5.74) is 0.865. The molecule has 0 saturated carbocycles. The predicted molar refractivity (Wildman–Crippen MR) is 118 cm³/mol. The highest BCUT2D eigenvalue weighted by Crippen LogP contribution is 2.29. The average Bonchev–Trinajstić information content (AvgIpc) is 2.77. The summed E-state index contributed by atoms with van der Waals surface area (Å²) in [6.45, 7) is 5.56. The quantitative estimate of drug-likeness (QED) is 0.553. The molecule has 0 aliphatic heterocycles. The molecule has 6 nitrogen and oxygen atoms in total. The van der Waals surface area contributed by atoms with Gasteiger partial charge in [-0.2, -0.15) is 0 Å². The van der Waals surface area contributed by atoms with Gasteiger partial charge in [0.25, 0.3) is 11.8 Å². The van der Waals surface area contributed by atoms with E-state index in [9.17, 15) is 9.59 Å². The molecule has 2 amide bonds. The summed E-state index contributed by atoms with van der Waals surface area (Å²) < 4.78 is 11.2. The van der Waals surface area contributed by atoms with Gasteiger partial charge in [-0.05, 0) is 42.0 Å². The van der Waals surface area contributed by atoms with Gasteiger partial charge in [0.2, 0.25) is 0 Å². The summed E-state index contributed by atoms with van der Waals surface area (Å²) >= 11 is 0. The Balaban J connectivity index is 1.95. The van der Waals surface area contributed by atoms with E-state index in [-0.39, 0.29) is 11.8 Å². The number of hydrogen-bond donors (Lipinski definition) is 2. The van der Waals surface area contributed by atoms with Gasteiger partial charge >= 0.3 is 0 Å². The first-order chi connectivity index (χ1) is 14.5. The van der Waals surface area contributed by atoms with Crippen LogP contribution >= 0.6 is 0 Å². The Hall–Kier alpha value is -3.80. The molecular formula is C24H24N2O4. The summed E-state index contributed by atoms with van der Waals surface area (Å²) in [6, 6.07) is 18.3. The zero-order valence-electron chi connectivity index (χ0n) is 17.0. The maximum atomic E-state index is 13.1. The Bertz CT molecular complexity index is 1080. The first-order valence-corrected chi connectivity index (χ1v) is 9.56. The summed E-state index contributed by atoms with van der Waals surface area (Å²) in [4.78, 5) is 25.3. The number of para-hydroxylation sites is 2. The topological polar surface area (TPSA) is 76.7 Å². The van der Waals surface area contributed by atoms with Crippen LogP contribution in [0.1, 0.15) is 17.3 Å². The van der Waals surface area contributed by atoms with E-state index >= 15 is 0 Å². The molecule has 3 aromatic carbocycles. The Labute approximate surface area is 175 Å². The summed E-state index contributed by atoms with van der Waals surface area (Å²) in [6.07, 6.45) is 0.802. The number of amides is 2. The first kappa shape index (κ1) is 20.9. The number of carbonyl (C=O) groups excluding carboxylic acids is 2. The summed E-state index contributed by atoms with van der Waals surface area (Å²) in [5, 5.41) is 7.35. The normalized spacial score (nSPS) is 11.4. The van der Waals surface area contributed by atoms with Crippen LogP contribution in [0, 0.1) is 0 Å². The van der Waals surface area contributed by atoms with Crippen molar-refractivity contribution in [2.75, 3.05) is 19.0 Å². The molecule has 6 heteroatoms. The number of rotatable bonds is 8. The number of methoxy groups -OCH3 is 1. The second-order valence-electron chi connectivity index (χ2n) is 6.64. The molecule has 0 heterocycles. The fourth-order valence-electron chi connectivity index (χ4n) is 2.99. The lowest BCUT2D eigenvalue weighted by Gasteiger charge is -2.18. The zero-order valence-corrected chi connectivity index (χ0v) is 17.0. The fraction of sp³-hybridized carbons (Fsp3) is 0.167. The molecule has 0 aliphatic rings. The Kier molecular flexibility index (Phi) is 6.70. The highest BCUT2D eigenvalue weighted by molar-refractivity contribution is 6.09. The molecule has 3 aromatic rings. The smallest absolute Gasteiger partial charge is 0.261 e. The number of ether oxygens (including phenoxy) is 2. The van der Waals surface area contributed by atoms with Crippen LogP contribution in [0.4, 0.5) is 5.69 Å². The van der Waals surface area contributed by atoms with Gasteiger partial charge in [0.15, 0.2) is 6.10 Å². The highest BCUT2D eigenvalue weighted by Gasteiger charge is 2.20. The van der Waals surface area contributed by atoms with Crippen molar-refractivity contribution in [3.05, 3.63) is 78.9 Å². The van der Waals surface area contributed by atoms with E-state index in [1.165, 1.54) is 0 Å². The van der Waals surface area contributed by atoms with Crippen molar-refractivity contribution in [2.45, 2.75) is 13.0 Å². The van der Waals surface area contributed by atoms with Gasteiger partial charge in [0, 0.05) is 6.54 Å². The maximum Gasteiger partial charge on any atom is 0.261 e. The molecule has 0 unspecified atom stereocenters.